The van der Waals surface area contributed by atoms with Crippen LogP contribution >= 0.6 is 0 Å². The van der Waals surface area contributed by atoms with Crippen LogP contribution in [0.15, 0.2) is 173 Å². The van der Waals surface area contributed by atoms with Crippen molar-refractivity contribution in [1.29, 1.82) is 0 Å². The Kier molecular flexibility index (Phi) is 7.02. The highest BCUT2D eigenvalue weighted by Crippen LogP contribution is 2.41. The fourth-order valence-electron chi connectivity index (χ4n) is 9.01. The summed E-state index contributed by atoms with van der Waals surface area (Å²) >= 11 is 0. The Morgan fingerprint density at radius 1 is 0.517 bits per heavy atom. The summed E-state index contributed by atoms with van der Waals surface area (Å²) in [4.78, 5) is 15.1. The van der Waals surface area contributed by atoms with Gasteiger partial charge in [0.15, 0.2) is 17.5 Å². The van der Waals surface area contributed by atoms with Gasteiger partial charge in [0.05, 0.1) is 22.1 Å². The number of benzene rings is 7. The molecular weight excluding hydrogens is 713 g/mol. The van der Waals surface area contributed by atoms with Crippen molar-refractivity contribution >= 4 is 66.9 Å². The SMILES string of the molecule is CC1(c2ccc3oc4cccc(-c5nc(-c6ccccc6)nc(-c6ccccc6)n5)c4c3c2)C=c2oc3cccc(-n4c5ccccc5c5ccccc54)c3c2=CC1. The Labute approximate surface area is 332 Å². The standard InChI is InChI=1S/C52H34N4O2/c1-52(29-28-37-46(31-52)58-45-25-13-23-42(48(37)45)56-40-21-10-8-18-35(40)36-19-9-11-22-41(36)56)34-26-27-43-39(30-34)47-38(20-12-24-44(47)57-43)51-54-49(32-14-4-2-5-15-32)53-50(55-51)33-16-6-3-7-17-33/h2-28,30-31H,29H2,1H3. The molecule has 1 unspecified atom stereocenters. The van der Waals surface area contributed by atoms with E-state index >= 15 is 0 Å². The largest absolute Gasteiger partial charge is 0.456 e. The molecule has 274 valence electrons. The smallest absolute Gasteiger partial charge is 0.164 e. The lowest BCUT2D eigenvalue weighted by Crippen LogP contribution is -2.33. The van der Waals surface area contributed by atoms with Crippen LogP contribution in [0.1, 0.15) is 18.9 Å². The lowest BCUT2D eigenvalue weighted by molar-refractivity contribution is 0.551. The zero-order valence-corrected chi connectivity index (χ0v) is 31.6. The molecule has 0 saturated carbocycles. The first-order valence-electron chi connectivity index (χ1n) is 19.7. The zero-order valence-electron chi connectivity index (χ0n) is 31.6. The molecule has 0 N–H and O–H groups in total. The Balaban J connectivity index is 1.02. The van der Waals surface area contributed by atoms with E-state index in [1.54, 1.807) is 0 Å². The molecule has 4 heterocycles. The van der Waals surface area contributed by atoms with Crippen molar-refractivity contribution in [2.24, 2.45) is 0 Å². The number of rotatable bonds is 5. The van der Waals surface area contributed by atoms with Crippen LogP contribution in [0.5, 0.6) is 0 Å². The Morgan fingerprint density at radius 2 is 1.12 bits per heavy atom. The number of aromatic nitrogens is 4. The fourth-order valence-corrected chi connectivity index (χ4v) is 9.01. The van der Waals surface area contributed by atoms with Gasteiger partial charge in [0.1, 0.15) is 22.2 Å². The molecule has 12 rings (SSSR count). The quantitative estimate of drug-likeness (QED) is 0.175. The summed E-state index contributed by atoms with van der Waals surface area (Å²) in [5.74, 6) is 1.84. The van der Waals surface area contributed by atoms with Crippen LogP contribution in [0.2, 0.25) is 0 Å². The molecule has 0 bridgehead atoms. The summed E-state index contributed by atoms with van der Waals surface area (Å²) < 4.78 is 15.6. The van der Waals surface area contributed by atoms with Crippen molar-refractivity contribution < 1.29 is 8.83 Å². The molecule has 4 aromatic heterocycles. The predicted molar refractivity (Wildman–Crippen MR) is 234 cm³/mol. The summed E-state index contributed by atoms with van der Waals surface area (Å²) in [6, 6.07) is 56.5. The Bertz CT molecular complexity index is 3450. The second-order valence-electron chi connectivity index (χ2n) is 15.4. The fraction of sp³-hybridized carbons (Fsp3) is 0.0577. The van der Waals surface area contributed by atoms with Crippen molar-refractivity contribution in [1.82, 2.24) is 19.5 Å². The van der Waals surface area contributed by atoms with Crippen molar-refractivity contribution in [2.45, 2.75) is 18.8 Å². The van der Waals surface area contributed by atoms with Crippen LogP contribution in [0.4, 0.5) is 0 Å². The van der Waals surface area contributed by atoms with E-state index in [1.807, 2.05) is 72.8 Å². The molecule has 6 nitrogen and oxygen atoms in total. The average Bonchev–Trinajstić information content (AvgIpc) is 3.96. The molecule has 0 fully saturated rings. The van der Waals surface area contributed by atoms with E-state index in [2.05, 4.69) is 115 Å². The van der Waals surface area contributed by atoms with E-state index in [9.17, 15) is 0 Å². The normalized spacial score (nSPS) is 15.3. The maximum absolute atomic E-state index is 6.74. The Hall–Kier alpha value is -7.57. The van der Waals surface area contributed by atoms with E-state index in [0.29, 0.717) is 17.5 Å². The monoisotopic (exact) mass is 746 g/mol. The minimum Gasteiger partial charge on any atom is -0.456 e. The minimum atomic E-state index is -0.339. The molecule has 1 aliphatic carbocycles. The number of nitrogens with zero attached hydrogens (tertiary/aromatic N) is 4. The first-order valence-corrected chi connectivity index (χ1v) is 19.7. The van der Waals surface area contributed by atoms with Gasteiger partial charge in [-0.1, -0.05) is 134 Å². The highest BCUT2D eigenvalue weighted by Gasteiger charge is 2.29. The number of furan rings is 2. The van der Waals surface area contributed by atoms with Gasteiger partial charge in [0, 0.05) is 48.9 Å². The highest BCUT2D eigenvalue weighted by atomic mass is 16.3. The molecule has 1 aliphatic rings. The van der Waals surface area contributed by atoms with E-state index < -0.39 is 0 Å². The molecule has 58 heavy (non-hydrogen) atoms. The summed E-state index contributed by atoms with van der Waals surface area (Å²) in [6.07, 6.45) is 5.48. The van der Waals surface area contributed by atoms with E-state index in [1.165, 1.54) is 27.4 Å². The minimum absolute atomic E-state index is 0.339. The van der Waals surface area contributed by atoms with E-state index in [4.69, 9.17) is 23.8 Å². The van der Waals surface area contributed by atoms with Crippen LogP contribution < -0.4 is 10.6 Å². The highest BCUT2D eigenvalue weighted by molar-refractivity contribution is 6.12. The van der Waals surface area contributed by atoms with E-state index in [0.717, 1.165) is 72.3 Å². The maximum Gasteiger partial charge on any atom is 0.164 e. The lowest BCUT2D eigenvalue weighted by Gasteiger charge is -2.26. The molecule has 6 heteroatoms. The summed E-state index contributed by atoms with van der Waals surface area (Å²) in [5, 5.41) is 6.75. The molecule has 11 aromatic rings. The third-order valence-electron chi connectivity index (χ3n) is 11.9. The van der Waals surface area contributed by atoms with Gasteiger partial charge in [-0.25, -0.2) is 15.0 Å². The van der Waals surface area contributed by atoms with Crippen molar-refractivity contribution in [3.8, 4) is 39.9 Å². The average molecular weight is 747 g/mol. The van der Waals surface area contributed by atoms with Crippen LogP contribution in [-0.2, 0) is 5.41 Å². The maximum atomic E-state index is 6.74. The lowest BCUT2D eigenvalue weighted by atomic mass is 9.77. The van der Waals surface area contributed by atoms with Crippen LogP contribution in [-0.4, -0.2) is 19.5 Å². The number of para-hydroxylation sites is 2. The van der Waals surface area contributed by atoms with Gasteiger partial charge in [0.25, 0.3) is 0 Å². The van der Waals surface area contributed by atoms with Gasteiger partial charge in [-0.15, -0.1) is 0 Å². The van der Waals surface area contributed by atoms with Gasteiger partial charge in [-0.05, 0) is 60.5 Å². The van der Waals surface area contributed by atoms with Crippen molar-refractivity contribution in [2.75, 3.05) is 0 Å². The topological polar surface area (TPSA) is 69.9 Å². The third kappa shape index (κ3) is 4.95. The molecule has 0 aliphatic heterocycles. The summed E-state index contributed by atoms with van der Waals surface area (Å²) in [6.45, 7) is 2.29. The van der Waals surface area contributed by atoms with Crippen molar-refractivity contribution in [3.63, 3.8) is 0 Å². The van der Waals surface area contributed by atoms with Gasteiger partial charge in [-0.3, -0.25) is 0 Å². The number of hydrogen-bond donors (Lipinski definition) is 0. The first kappa shape index (κ1) is 32.7. The van der Waals surface area contributed by atoms with Crippen LogP contribution in [0, 0.1) is 0 Å². The molecule has 1 atom stereocenters. The summed E-state index contributed by atoms with van der Waals surface area (Å²) in [5.41, 5.74) is 10.4. The molecule has 0 saturated heterocycles. The van der Waals surface area contributed by atoms with Gasteiger partial charge >= 0.3 is 0 Å². The van der Waals surface area contributed by atoms with Crippen LogP contribution in [0.25, 0.3) is 107 Å². The van der Waals surface area contributed by atoms with Gasteiger partial charge in [0.2, 0.25) is 0 Å². The number of hydrogen-bond acceptors (Lipinski definition) is 5. The number of fused-ring (bicyclic) bond motifs is 9. The second kappa shape index (κ2) is 12.5. The van der Waals surface area contributed by atoms with E-state index in [-0.39, 0.29) is 5.41 Å². The second-order valence-corrected chi connectivity index (χ2v) is 15.4. The summed E-state index contributed by atoms with van der Waals surface area (Å²) in [7, 11) is 0. The molecule has 0 amide bonds. The third-order valence-corrected chi connectivity index (χ3v) is 11.9. The molecule has 0 radical (unpaired) electrons. The van der Waals surface area contributed by atoms with Gasteiger partial charge < -0.3 is 13.4 Å². The zero-order chi connectivity index (χ0) is 38.4. The van der Waals surface area contributed by atoms with Crippen LogP contribution in [0.3, 0.4) is 0 Å². The first-order chi connectivity index (χ1) is 28.6. The van der Waals surface area contributed by atoms with Gasteiger partial charge in [-0.2, -0.15) is 0 Å². The van der Waals surface area contributed by atoms with Crippen molar-refractivity contribution in [3.05, 3.63) is 180 Å². The predicted octanol–water partition coefficient (Wildman–Crippen LogP) is 11.5. The molecule has 0 spiro atoms. The Morgan fingerprint density at radius 3 is 1.81 bits per heavy atom. The molecule has 7 aromatic carbocycles. The molecular formula is C52H34N4O2.